The highest BCUT2D eigenvalue weighted by molar-refractivity contribution is 5.31. The van der Waals surface area contributed by atoms with E-state index >= 15 is 0 Å². The summed E-state index contributed by atoms with van der Waals surface area (Å²) in [6.45, 7) is 3.56. The van der Waals surface area contributed by atoms with Crippen molar-refractivity contribution in [3.05, 3.63) is 29.8 Å². The van der Waals surface area contributed by atoms with Gasteiger partial charge in [0.2, 0.25) is 0 Å². The summed E-state index contributed by atoms with van der Waals surface area (Å²) >= 11 is 0. The number of rotatable bonds is 3. The molecule has 1 fully saturated rings. The maximum Gasteiger partial charge on any atom is 0.119 e. The number of epoxide rings is 1. The summed E-state index contributed by atoms with van der Waals surface area (Å²) in [4.78, 5) is 0. The fraction of sp³-hybridized carbons (Fsp3) is 0.400. The molecule has 12 heavy (non-hydrogen) atoms. The largest absolute Gasteiger partial charge is 0.494 e. The monoisotopic (exact) mass is 164 g/mol. The van der Waals surface area contributed by atoms with Crippen molar-refractivity contribution in [2.75, 3.05) is 13.2 Å². The van der Waals surface area contributed by atoms with Crippen molar-refractivity contribution in [3.63, 3.8) is 0 Å². The molecule has 0 aromatic heterocycles. The third-order valence-electron chi connectivity index (χ3n) is 1.87. The summed E-state index contributed by atoms with van der Waals surface area (Å²) in [6, 6.07) is 8.08. The van der Waals surface area contributed by atoms with E-state index in [1.54, 1.807) is 0 Å². The van der Waals surface area contributed by atoms with Crippen LogP contribution >= 0.6 is 0 Å². The Morgan fingerprint density at radius 2 is 2.42 bits per heavy atom. The molecule has 1 aromatic rings. The molecular formula is C10H12O2. The van der Waals surface area contributed by atoms with Gasteiger partial charge in [-0.05, 0) is 24.6 Å². The first-order chi connectivity index (χ1) is 5.90. The average Bonchev–Trinajstić information content (AvgIpc) is 2.88. The second-order valence-corrected chi connectivity index (χ2v) is 2.83. The molecule has 0 saturated carbocycles. The summed E-state index contributed by atoms with van der Waals surface area (Å²) in [5, 5.41) is 0. The molecule has 1 saturated heterocycles. The van der Waals surface area contributed by atoms with Crippen LogP contribution in [0.15, 0.2) is 24.3 Å². The van der Waals surface area contributed by atoms with Gasteiger partial charge < -0.3 is 9.47 Å². The van der Waals surface area contributed by atoms with Crippen LogP contribution in [0.25, 0.3) is 0 Å². The second kappa shape index (κ2) is 3.15. The van der Waals surface area contributed by atoms with Crippen LogP contribution in [0.4, 0.5) is 0 Å². The van der Waals surface area contributed by atoms with Gasteiger partial charge in [0.15, 0.2) is 0 Å². The molecule has 0 unspecified atom stereocenters. The molecule has 0 spiro atoms. The van der Waals surface area contributed by atoms with E-state index in [9.17, 15) is 0 Å². The summed E-state index contributed by atoms with van der Waals surface area (Å²) in [7, 11) is 0. The third kappa shape index (κ3) is 1.59. The average molecular weight is 164 g/mol. The number of hydrogen-bond donors (Lipinski definition) is 0. The van der Waals surface area contributed by atoms with Gasteiger partial charge in [-0.25, -0.2) is 0 Å². The van der Waals surface area contributed by atoms with Crippen molar-refractivity contribution in [1.82, 2.24) is 0 Å². The lowest BCUT2D eigenvalue weighted by atomic mass is 10.1. The van der Waals surface area contributed by atoms with Crippen molar-refractivity contribution < 1.29 is 9.47 Å². The minimum atomic E-state index is 0.324. The molecule has 0 radical (unpaired) electrons. The molecule has 2 rings (SSSR count). The highest BCUT2D eigenvalue weighted by atomic mass is 16.6. The van der Waals surface area contributed by atoms with Crippen molar-refractivity contribution in [1.29, 1.82) is 0 Å². The lowest BCUT2D eigenvalue weighted by molar-refractivity contribution is 0.339. The minimum absolute atomic E-state index is 0.324. The van der Waals surface area contributed by atoms with Gasteiger partial charge in [0.25, 0.3) is 0 Å². The van der Waals surface area contributed by atoms with Crippen molar-refractivity contribution >= 4 is 0 Å². The summed E-state index contributed by atoms with van der Waals surface area (Å²) in [5.74, 6) is 0.936. The maximum absolute atomic E-state index is 5.37. The van der Waals surface area contributed by atoms with Gasteiger partial charge in [0, 0.05) is 0 Å². The highest BCUT2D eigenvalue weighted by Gasteiger charge is 2.24. The van der Waals surface area contributed by atoms with Gasteiger partial charge in [-0.1, -0.05) is 12.1 Å². The minimum Gasteiger partial charge on any atom is -0.494 e. The van der Waals surface area contributed by atoms with Crippen LogP contribution in [-0.4, -0.2) is 13.2 Å². The van der Waals surface area contributed by atoms with E-state index in [-0.39, 0.29) is 0 Å². The van der Waals surface area contributed by atoms with Crippen LogP contribution in [0.2, 0.25) is 0 Å². The molecule has 0 N–H and O–H groups in total. The smallest absolute Gasteiger partial charge is 0.119 e. The second-order valence-electron chi connectivity index (χ2n) is 2.83. The quantitative estimate of drug-likeness (QED) is 0.638. The van der Waals surface area contributed by atoms with Crippen LogP contribution < -0.4 is 4.74 Å². The Balaban J connectivity index is 2.15. The Morgan fingerprint density at radius 1 is 1.58 bits per heavy atom. The zero-order valence-electron chi connectivity index (χ0n) is 7.12. The highest BCUT2D eigenvalue weighted by Crippen LogP contribution is 2.31. The first kappa shape index (κ1) is 7.62. The molecule has 2 nitrogen and oxygen atoms in total. The van der Waals surface area contributed by atoms with Gasteiger partial charge in [0.1, 0.15) is 11.9 Å². The molecular weight excluding hydrogens is 152 g/mol. The Hall–Kier alpha value is -1.02. The van der Waals surface area contributed by atoms with E-state index in [0.717, 1.165) is 19.0 Å². The van der Waals surface area contributed by atoms with E-state index < -0.39 is 0 Å². The normalized spacial score (nSPS) is 20.6. The topological polar surface area (TPSA) is 21.8 Å². The van der Waals surface area contributed by atoms with Crippen LogP contribution in [0, 0.1) is 0 Å². The van der Waals surface area contributed by atoms with E-state index in [1.807, 2.05) is 25.1 Å². The maximum atomic E-state index is 5.37. The fourth-order valence-corrected chi connectivity index (χ4v) is 1.21. The van der Waals surface area contributed by atoms with Gasteiger partial charge >= 0.3 is 0 Å². The molecule has 0 bridgehead atoms. The molecule has 1 aromatic carbocycles. The zero-order chi connectivity index (χ0) is 8.39. The SMILES string of the molecule is CCOc1cccc([C@@H]2CO2)c1. The van der Waals surface area contributed by atoms with Gasteiger partial charge in [-0.15, -0.1) is 0 Å². The molecule has 0 amide bonds. The van der Waals surface area contributed by atoms with E-state index in [0.29, 0.717) is 6.10 Å². The molecule has 1 atom stereocenters. The van der Waals surface area contributed by atoms with Crippen molar-refractivity contribution in [3.8, 4) is 5.75 Å². The van der Waals surface area contributed by atoms with E-state index in [1.165, 1.54) is 5.56 Å². The van der Waals surface area contributed by atoms with E-state index in [2.05, 4.69) is 6.07 Å². The summed E-state index contributed by atoms with van der Waals surface area (Å²) < 4.78 is 10.5. The molecule has 0 aliphatic carbocycles. The Bertz CT molecular complexity index is 266. The van der Waals surface area contributed by atoms with Gasteiger partial charge in [-0.2, -0.15) is 0 Å². The van der Waals surface area contributed by atoms with Crippen LogP contribution in [0.1, 0.15) is 18.6 Å². The molecule has 2 heteroatoms. The van der Waals surface area contributed by atoms with Crippen LogP contribution in [0.3, 0.4) is 0 Å². The number of benzene rings is 1. The van der Waals surface area contributed by atoms with Gasteiger partial charge in [0.05, 0.1) is 13.2 Å². The first-order valence-electron chi connectivity index (χ1n) is 4.24. The van der Waals surface area contributed by atoms with Crippen molar-refractivity contribution in [2.45, 2.75) is 13.0 Å². The number of hydrogen-bond acceptors (Lipinski definition) is 2. The Kier molecular flexibility index (Phi) is 2.00. The fourth-order valence-electron chi connectivity index (χ4n) is 1.21. The Labute approximate surface area is 72.1 Å². The predicted octanol–water partition coefficient (Wildman–Crippen LogP) is 2.16. The molecule has 64 valence electrons. The summed E-state index contributed by atoms with van der Waals surface area (Å²) in [6.07, 6.45) is 0.324. The summed E-state index contributed by atoms with van der Waals surface area (Å²) in [5.41, 5.74) is 1.22. The zero-order valence-corrected chi connectivity index (χ0v) is 7.12. The lowest BCUT2D eigenvalue weighted by Gasteiger charge is -2.03. The molecule has 1 aliphatic rings. The number of ether oxygens (including phenoxy) is 2. The predicted molar refractivity (Wildman–Crippen MR) is 46.3 cm³/mol. The lowest BCUT2D eigenvalue weighted by Crippen LogP contribution is -1.91. The van der Waals surface area contributed by atoms with Gasteiger partial charge in [-0.3, -0.25) is 0 Å². The third-order valence-corrected chi connectivity index (χ3v) is 1.87. The van der Waals surface area contributed by atoms with Crippen LogP contribution in [0.5, 0.6) is 5.75 Å². The standard InChI is InChI=1S/C10H12O2/c1-2-11-9-5-3-4-8(6-9)10-7-12-10/h3-6,10H,2,7H2,1H3/t10-/m0/s1. The molecule has 1 aliphatic heterocycles. The van der Waals surface area contributed by atoms with E-state index in [4.69, 9.17) is 9.47 Å². The molecule has 1 heterocycles. The Morgan fingerprint density at radius 3 is 3.08 bits per heavy atom. The first-order valence-corrected chi connectivity index (χ1v) is 4.24. The van der Waals surface area contributed by atoms with Crippen LogP contribution in [-0.2, 0) is 4.74 Å². The van der Waals surface area contributed by atoms with Crippen molar-refractivity contribution in [2.24, 2.45) is 0 Å².